The third-order valence-corrected chi connectivity index (χ3v) is 4.54. The lowest BCUT2D eigenvalue weighted by molar-refractivity contribution is 0.0466. The van der Waals surface area contributed by atoms with Gasteiger partial charge in [0, 0.05) is 17.2 Å². The van der Waals surface area contributed by atoms with E-state index in [2.05, 4.69) is 0 Å². The number of benzene rings is 2. The predicted octanol–water partition coefficient (Wildman–Crippen LogP) is 4.69. The molecule has 0 fully saturated rings. The van der Waals surface area contributed by atoms with Crippen molar-refractivity contribution in [2.45, 2.75) is 33.0 Å². The summed E-state index contributed by atoms with van der Waals surface area (Å²) in [5.74, 6) is 0.200. The van der Waals surface area contributed by atoms with Crippen LogP contribution in [-0.4, -0.2) is 25.8 Å². The monoisotopic (exact) mass is 385 g/mol. The fourth-order valence-electron chi connectivity index (χ4n) is 3.01. The number of ether oxygens (including phenoxy) is 4. The molecule has 1 aliphatic heterocycles. The summed E-state index contributed by atoms with van der Waals surface area (Å²) in [6.07, 6.45) is 3.66. The molecule has 0 radical (unpaired) electrons. The highest BCUT2D eigenvalue weighted by molar-refractivity contribution is 5.91. The first kappa shape index (κ1) is 19.7. The van der Waals surface area contributed by atoms with Crippen LogP contribution in [0.15, 0.2) is 30.3 Å². The number of carbonyl (C=O) groups excluding carboxylic acids is 1. The zero-order valence-corrected chi connectivity index (χ0v) is 16.6. The molecule has 3 rings (SSSR count). The fourth-order valence-corrected chi connectivity index (χ4v) is 3.01. The van der Waals surface area contributed by atoms with Crippen molar-refractivity contribution in [3.05, 3.63) is 58.4 Å². The number of fused-ring (bicyclic) bond motifs is 1. The van der Waals surface area contributed by atoms with Gasteiger partial charge in [0.05, 0.1) is 19.8 Å². The minimum atomic E-state index is -0.753. The highest BCUT2D eigenvalue weighted by atomic mass is 18.2. The Bertz CT molecular complexity index is 921. The standard InChI is InChI=1S/C22H23FO5/c1-13-18(25-4)8-14(9-19(13)26-5)12-27-21(24)16-10-15-6-7-22(2,3)28-20(15)11-17(16)23/h6-11H,12H2,1-5H3/i23-1. The zero-order valence-electron chi connectivity index (χ0n) is 16.6. The van der Waals surface area contributed by atoms with Crippen molar-refractivity contribution in [1.82, 2.24) is 0 Å². The number of methoxy groups -OCH3 is 2. The molecular formula is C22H23FO5. The first-order valence-electron chi connectivity index (χ1n) is 8.84. The molecule has 6 heteroatoms. The van der Waals surface area contributed by atoms with Crippen LogP contribution in [0.4, 0.5) is 4.39 Å². The van der Waals surface area contributed by atoms with Gasteiger partial charge in [0.1, 0.15) is 35.3 Å². The van der Waals surface area contributed by atoms with Crippen molar-refractivity contribution < 1.29 is 28.1 Å². The molecule has 28 heavy (non-hydrogen) atoms. The molecule has 0 unspecified atom stereocenters. The second-order valence-electron chi connectivity index (χ2n) is 7.11. The minimum Gasteiger partial charge on any atom is -0.496 e. The molecule has 0 aromatic heterocycles. The normalized spacial score (nSPS) is 14.1. The summed E-state index contributed by atoms with van der Waals surface area (Å²) in [6, 6.07) is 6.17. The van der Waals surface area contributed by atoms with Crippen molar-refractivity contribution >= 4 is 12.0 Å². The quantitative estimate of drug-likeness (QED) is 0.699. The maximum absolute atomic E-state index is 14.5. The summed E-state index contributed by atoms with van der Waals surface area (Å²) in [4.78, 5) is 12.4. The van der Waals surface area contributed by atoms with Crippen LogP contribution >= 0.6 is 0 Å². The Morgan fingerprint density at radius 2 is 1.75 bits per heavy atom. The molecule has 0 saturated carbocycles. The van der Waals surface area contributed by atoms with Crippen LogP contribution in [0, 0.1) is 12.7 Å². The largest absolute Gasteiger partial charge is 0.496 e. The molecule has 0 bridgehead atoms. The van der Waals surface area contributed by atoms with E-state index in [9.17, 15) is 9.18 Å². The number of halogens is 1. The second-order valence-corrected chi connectivity index (χ2v) is 7.11. The average molecular weight is 385 g/mol. The summed E-state index contributed by atoms with van der Waals surface area (Å²) in [7, 11) is 3.11. The molecule has 148 valence electrons. The van der Waals surface area contributed by atoms with Gasteiger partial charge in [-0.05, 0) is 50.6 Å². The van der Waals surface area contributed by atoms with Crippen molar-refractivity contribution in [3.8, 4) is 17.2 Å². The molecule has 2 aromatic rings. The van der Waals surface area contributed by atoms with Gasteiger partial charge in [-0.2, -0.15) is 0 Å². The highest BCUT2D eigenvalue weighted by Crippen LogP contribution is 2.33. The van der Waals surface area contributed by atoms with E-state index < -0.39 is 17.4 Å². The lowest BCUT2D eigenvalue weighted by Gasteiger charge is -2.28. The number of rotatable bonds is 5. The third-order valence-electron chi connectivity index (χ3n) is 4.54. The molecule has 0 atom stereocenters. The smallest absolute Gasteiger partial charge is 0.341 e. The molecule has 1 heterocycles. The first-order valence-corrected chi connectivity index (χ1v) is 8.84. The summed E-state index contributed by atoms with van der Waals surface area (Å²) >= 11 is 0. The van der Waals surface area contributed by atoms with Gasteiger partial charge in [-0.3, -0.25) is 0 Å². The summed E-state index contributed by atoms with van der Waals surface area (Å²) in [5.41, 5.74) is 1.49. The van der Waals surface area contributed by atoms with Crippen LogP contribution in [-0.2, 0) is 11.3 Å². The van der Waals surface area contributed by atoms with Crippen molar-refractivity contribution in [3.63, 3.8) is 0 Å². The van der Waals surface area contributed by atoms with E-state index in [0.717, 1.165) is 5.56 Å². The molecule has 0 aliphatic carbocycles. The van der Waals surface area contributed by atoms with Gasteiger partial charge in [-0.25, -0.2) is 9.18 Å². The van der Waals surface area contributed by atoms with Crippen LogP contribution in [0.25, 0.3) is 6.08 Å². The molecule has 0 amide bonds. The summed E-state index contributed by atoms with van der Waals surface area (Å²) < 4.78 is 36.1. The van der Waals surface area contributed by atoms with E-state index in [0.29, 0.717) is 28.4 Å². The summed E-state index contributed by atoms with van der Waals surface area (Å²) in [5, 5.41) is 0. The van der Waals surface area contributed by atoms with E-state index in [1.54, 1.807) is 26.4 Å². The molecule has 0 saturated heterocycles. The maximum Gasteiger partial charge on any atom is 0.341 e. The van der Waals surface area contributed by atoms with Gasteiger partial charge < -0.3 is 18.9 Å². The molecule has 1 aliphatic rings. The molecular weight excluding hydrogens is 362 g/mol. The van der Waals surface area contributed by atoms with Gasteiger partial charge >= 0.3 is 5.97 Å². The number of hydrogen-bond donors (Lipinski definition) is 0. The van der Waals surface area contributed by atoms with Gasteiger partial charge in [0.25, 0.3) is 0 Å². The maximum atomic E-state index is 14.5. The van der Waals surface area contributed by atoms with Crippen LogP contribution in [0.3, 0.4) is 0 Å². The number of hydrogen-bond acceptors (Lipinski definition) is 5. The molecule has 2 aromatic carbocycles. The van der Waals surface area contributed by atoms with Crippen LogP contribution in [0.1, 0.15) is 40.9 Å². The van der Waals surface area contributed by atoms with Crippen molar-refractivity contribution in [2.75, 3.05) is 14.2 Å². The van der Waals surface area contributed by atoms with E-state index >= 15 is 0 Å². The van der Waals surface area contributed by atoms with Crippen LogP contribution in [0.2, 0.25) is 0 Å². The SMILES string of the molecule is COc1cc(COC(=O)c2cc3c(cc2[18F])OC(C)(C)C=C3)cc(OC)c1C. The minimum absolute atomic E-state index is 0.0400. The van der Waals surface area contributed by atoms with E-state index in [1.165, 1.54) is 12.1 Å². The number of esters is 1. The van der Waals surface area contributed by atoms with Gasteiger partial charge in [0.2, 0.25) is 0 Å². The number of carbonyl (C=O) groups is 1. The van der Waals surface area contributed by atoms with Crippen molar-refractivity contribution in [1.29, 1.82) is 0 Å². The second kappa shape index (κ2) is 7.54. The Kier molecular flexibility index (Phi) is 5.31. The fraction of sp³-hybridized carbons (Fsp3) is 0.318. The Morgan fingerprint density at radius 1 is 1.11 bits per heavy atom. The van der Waals surface area contributed by atoms with E-state index in [1.807, 2.05) is 32.9 Å². The van der Waals surface area contributed by atoms with Crippen LogP contribution in [0.5, 0.6) is 17.2 Å². The molecule has 0 N–H and O–H groups in total. The average Bonchev–Trinajstić information content (AvgIpc) is 2.65. The molecule has 0 spiro atoms. The van der Waals surface area contributed by atoms with Gasteiger partial charge in [-0.15, -0.1) is 0 Å². The Hall–Kier alpha value is -3.02. The van der Waals surface area contributed by atoms with Crippen molar-refractivity contribution in [2.24, 2.45) is 0 Å². The van der Waals surface area contributed by atoms with Gasteiger partial charge in [-0.1, -0.05) is 6.08 Å². The van der Waals surface area contributed by atoms with Crippen LogP contribution < -0.4 is 14.2 Å². The summed E-state index contributed by atoms with van der Waals surface area (Å²) in [6.45, 7) is 5.57. The van der Waals surface area contributed by atoms with E-state index in [-0.39, 0.29) is 12.2 Å². The van der Waals surface area contributed by atoms with E-state index in [4.69, 9.17) is 18.9 Å². The molecule has 5 nitrogen and oxygen atoms in total. The highest BCUT2D eigenvalue weighted by Gasteiger charge is 2.25. The first-order chi connectivity index (χ1) is 13.2. The topological polar surface area (TPSA) is 54.0 Å². The predicted molar refractivity (Wildman–Crippen MR) is 104 cm³/mol. The Balaban J connectivity index is 1.79. The Morgan fingerprint density at radius 3 is 2.36 bits per heavy atom. The lowest BCUT2D eigenvalue weighted by atomic mass is 10.0. The third kappa shape index (κ3) is 3.96. The lowest BCUT2D eigenvalue weighted by Crippen LogP contribution is -2.27. The Labute approximate surface area is 163 Å². The van der Waals surface area contributed by atoms with Gasteiger partial charge in [0.15, 0.2) is 0 Å². The zero-order chi connectivity index (χ0) is 20.5.